The summed E-state index contributed by atoms with van der Waals surface area (Å²) in [5.41, 5.74) is 5.62. The molecule has 0 aromatic heterocycles. The summed E-state index contributed by atoms with van der Waals surface area (Å²) in [6.45, 7) is 0. The van der Waals surface area contributed by atoms with E-state index < -0.39 is 24.5 Å². The van der Waals surface area contributed by atoms with Crippen LogP contribution in [0.1, 0.15) is 5.56 Å². The van der Waals surface area contributed by atoms with Crippen molar-refractivity contribution in [3.63, 3.8) is 0 Å². The SMILES string of the molecule is NC(=O)Oc1ccc(F)cc1-c1ccc(CC(F)(F)F)cc1. The van der Waals surface area contributed by atoms with Gasteiger partial charge in [0, 0.05) is 5.56 Å². The number of hydrogen-bond acceptors (Lipinski definition) is 2. The highest BCUT2D eigenvalue weighted by molar-refractivity contribution is 5.76. The zero-order valence-corrected chi connectivity index (χ0v) is 11.2. The Labute approximate surface area is 123 Å². The maximum Gasteiger partial charge on any atom is 0.409 e. The molecule has 0 bridgehead atoms. The van der Waals surface area contributed by atoms with Crippen LogP contribution in [0.2, 0.25) is 0 Å². The number of ether oxygens (including phenoxy) is 1. The van der Waals surface area contributed by atoms with Gasteiger partial charge in [-0.2, -0.15) is 13.2 Å². The Morgan fingerprint density at radius 1 is 1.09 bits per heavy atom. The first-order valence-corrected chi connectivity index (χ1v) is 6.17. The minimum absolute atomic E-state index is 0.0254. The maximum absolute atomic E-state index is 13.4. The molecule has 0 heterocycles. The van der Waals surface area contributed by atoms with Crippen molar-refractivity contribution >= 4 is 6.09 Å². The molecule has 0 aliphatic carbocycles. The summed E-state index contributed by atoms with van der Waals surface area (Å²) in [6.07, 6.45) is -6.43. The molecule has 0 unspecified atom stereocenters. The lowest BCUT2D eigenvalue weighted by molar-refractivity contribution is -0.127. The van der Waals surface area contributed by atoms with Gasteiger partial charge in [-0.1, -0.05) is 24.3 Å². The van der Waals surface area contributed by atoms with Crippen LogP contribution >= 0.6 is 0 Å². The molecule has 0 aliphatic rings. The van der Waals surface area contributed by atoms with Crippen molar-refractivity contribution in [2.45, 2.75) is 12.6 Å². The highest BCUT2D eigenvalue weighted by Gasteiger charge is 2.27. The number of rotatable bonds is 3. The Morgan fingerprint density at radius 3 is 2.27 bits per heavy atom. The number of halogens is 4. The highest BCUT2D eigenvalue weighted by atomic mass is 19.4. The zero-order valence-electron chi connectivity index (χ0n) is 11.2. The molecule has 0 spiro atoms. The van der Waals surface area contributed by atoms with Crippen molar-refractivity contribution in [1.82, 2.24) is 0 Å². The molecule has 0 fully saturated rings. The lowest BCUT2D eigenvalue weighted by Gasteiger charge is -2.10. The number of amides is 1. The third-order valence-electron chi connectivity index (χ3n) is 2.82. The Kier molecular flexibility index (Phi) is 4.35. The van der Waals surface area contributed by atoms with Crippen molar-refractivity contribution in [1.29, 1.82) is 0 Å². The summed E-state index contributed by atoms with van der Waals surface area (Å²) in [5.74, 6) is -0.552. The number of alkyl halides is 3. The predicted molar refractivity (Wildman–Crippen MR) is 71.8 cm³/mol. The fourth-order valence-electron chi connectivity index (χ4n) is 1.96. The van der Waals surface area contributed by atoms with E-state index in [1.54, 1.807) is 0 Å². The van der Waals surface area contributed by atoms with Gasteiger partial charge in [0.1, 0.15) is 11.6 Å². The van der Waals surface area contributed by atoms with Crippen LogP contribution in [0.4, 0.5) is 22.4 Å². The molecule has 2 rings (SSSR count). The molecule has 116 valence electrons. The largest absolute Gasteiger partial charge is 0.410 e. The normalized spacial score (nSPS) is 11.3. The molecule has 0 atom stereocenters. The minimum atomic E-state index is -4.30. The zero-order chi connectivity index (χ0) is 16.3. The van der Waals surface area contributed by atoms with Gasteiger partial charge in [-0.05, 0) is 29.3 Å². The number of primary amides is 1. The van der Waals surface area contributed by atoms with Crippen molar-refractivity contribution in [2.24, 2.45) is 5.73 Å². The molecule has 2 N–H and O–H groups in total. The van der Waals surface area contributed by atoms with Crippen LogP contribution < -0.4 is 10.5 Å². The average molecular weight is 313 g/mol. The number of hydrogen-bond donors (Lipinski definition) is 1. The van der Waals surface area contributed by atoms with Gasteiger partial charge in [0.15, 0.2) is 0 Å². The molecule has 3 nitrogen and oxygen atoms in total. The number of benzene rings is 2. The van der Waals surface area contributed by atoms with E-state index in [0.29, 0.717) is 5.56 Å². The molecule has 1 amide bonds. The van der Waals surface area contributed by atoms with Crippen molar-refractivity contribution in [3.05, 3.63) is 53.8 Å². The van der Waals surface area contributed by atoms with Crippen LogP contribution in [0.3, 0.4) is 0 Å². The molecule has 2 aromatic rings. The second kappa shape index (κ2) is 6.05. The summed E-state index contributed by atoms with van der Waals surface area (Å²) in [5, 5.41) is 0. The van der Waals surface area contributed by atoms with E-state index in [4.69, 9.17) is 10.5 Å². The van der Waals surface area contributed by atoms with E-state index in [1.165, 1.54) is 30.3 Å². The predicted octanol–water partition coefficient (Wildman–Crippen LogP) is 4.06. The third kappa shape index (κ3) is 4.21. The Balaban J connectivity index is 2.35. The van der Waals surface area contributed by atoms with Gasteiger partial charge in [0.2, 0.25) is 0 Å². The second-order valence-corrected chi connectivity index (χ2v) is 4.55. The van der Waals surface area contributed by atoms with Crippen molar-refractivity contribution in [3.8, 4) is 16.9 Å². The average Bonchev–Trinajstić information content (AvgIpc) is 2.39. The fraction of sp³-hybridized carbons (Fsp3) is 0.133. The topological polar surface area (TPSA) is 52.3 Å². The number of carbonyl (C=O) groups is 1. The Bertz CT molecular complexity index is 681. The van der Waals surface area contributed by atoms with Crippen molar-refractivity contribution in [2.75, 3.05) is 0 Å². The van der Waals surface area contributed by atoms with Gasteiger partial charge < -0.3 is 10.5 Å². The lowest BCUT2D eigenvalue weighted by Crippen LogP contribution is -2.16. The van der Waals surface area contributed by atoms with E-state index in [2.05, 4.69) is 0 Å². The standard InChI is InChI=1S/C15H11F4NO2/c16-11-5-6-13(22-14(20)21)12(7-11)10-3-1-9(2-4-10)8-15(17,18)19/h1-7H,8H2,(H2,20,21). The van der Waals surface area contributed by atoms with Crippen LogP contribution in [0.5, 0.6) is 5.75 Å². The highest BCUT2D eigenvalue weighted by Crippen LogP contribution is 2.32. The van der Waals surface area contributed by atoms with Gasteiger partial charge >= 0.3 is 12.3 Å². The molecule has 0 saturated heterocycles. The number of carbonyl (C=O) groups excluding carboxylic acids is 1. The van der Waals surface area contributed by atoms with E-state index >= 15 is 0 Å². The molecule has 0 aliphatic heterocycles. The molecule has 7 heteroatoms. The van der Waals surface area contributed by atoms with E-state index in [0.717, 1.165) is 12.1 Å². The summed E-state index contributed by atoms with van der Waals surface area (Å²) in [4.78, 5) is 10.8. The fourth-order valence-corrected chi connectivity index (χ4v) is 1.96. The summed E-state index contributed by atoms with van der Waals surface area (Å²) >= 11 is 0. The summed E-state index contributed by atoms with van der Waals surface area (Å²) < 4.78 is 55.0. The molecule has 2 aromatic carbocycles. The van der Waals surface area contributed by atoms with Crippen molar-refractivity contribution < 1.29 is 27.1 Å². The summed E-state index contributed by atoms with van der Waals surface area (Å²) in [6, 6.07) is 8.76. The van der Waals surface area contributed by atoms with Crippen LogP contribution in [0.15, 0.2) is 42.5 Å². The van der Waals surface area contributed by atoms with Crippen LogP contribution in [-0.2, 0) is 6.42 Å². The van der Waals surface area contributed by atoms with E-state index in [1.807, 2.05) is 0 Å². The minimum Gasteiger partial charge on any atom is -0.410 e. The first-order chi connectivity index (χ1) is 10.2. The molecular weight excluding hydrogens is 302 g/mol. The van der Waals surface area contributed by atoms with Gasteiger partial charge in [-0.15, -0.1) is 0 Å². The summed E-state index contributed by atoms with van der Waals surface area (Å²) in [7, 11) is 0. The maximum atomic E-state index is 13.4. The monoisotopic (exact) mass is 313 g/mol. The van der Waals surface area contributed by atoms with Gasteiger partial charge in [0.05, 0.1) is 6.42 Å². The van der Waals surface area contributed by atoms with Crippen LogP contribution in [-0.4, -0.2) is 12.3 Å². The number of nitrogens with two attached hydrogens (primary N) is 1. The van der Waals surface area contributed by atoms with Gasteiger partial charge in [-0.3, -0.25) is 0 Å². The van der Waals surface area contributed by atoms with Crippen LogP contribution in [0.25, 0.3) is 11.1 Å². The van der Waals surface area contributed by atoms with Gasteiger partial charge in [0.25, 0.3) is 0 Å². The van der Waals surface area contributed by atoms with Gasteiger partial charge in [-0.25, -0.2) is 9.18 Å². The second-order valence-electron chi connectivity index (χ2n) is 4.55. The smallest absolute Gasteiger partial charge is 0.409 e. The Hall–Kier alpha value is -2.57. The van der Waals surface area contributed by atoms with Crippen LogP contribution in [0, 0.1) is 5.82 Å². The molecule has 0 radical (unpaired) electrons. The third-order valence-corrected chi connectivity index (χ3v) is 2.82. The lowest BCUT2D eigenvalue weighted by atomic mass is 10.0. The van der Waals surface area contributed by atoms with E-state index in [9.17, 15) is 22.4 Å². The first kappa shape index (κ1) is 15.8. The first-order valence-electron chi connectivity index (χ1n) is 6.17. The molecule has 0 saturated carbocycles. The Morgan fingerprint density at radius 2 is 1.73 bits per heavy atom. The van der Waals surface area contributed by atoms with E-state index in [-0.39, 0.29) is 16.9 Å². The molecule has 22 heavy (non-hydrogen) atoms. The molecular formula is C15H11F4NO2. The quantitative estimate of drug-likeness (QED) is 0.869.